The third-order valence-corrected chi connectivity index (χ3v) is 4.05. The first-order valence-electron chi connectivity index (χ1n) is 5.83. The van der Waals surface area contributed by atoms with Gasteiger partial charge < -0.3 is 10.4 Å². The van der Waals surface area contributed by atoms with Gasteiger partial charge in [0, 0.05) is 17.8 Å². The van der Waals surface area contributed by atoms with Gasteiger partial charge in [-0.3, -0.25) is 0 Å². The largest absolute Gasteiger partial charge is 0.395 e. The molecule has 0 bridgehead atoms. The highest BCUT2D eigenvalue weighted by Gasteiger charge is 2.19. The van der Waals surface area contributed by atoms with E-state index >= 15 is 0 Å². The van der Waals surface area contributed by atoms with E-state index in [4.69, 9.17) is 5.11 Å². The normalized spacial score (nSPS) is 22.2. The molecule has 3 heteroatoms. The second kappa shape index (κ2) is 5.71. The SMILES string of the molecule is CC(CO)NC1CSCCc2ccccc21. The Balaban J connectivity index is 2.19. The lowest BCUT2D eigenvalue weighted by atomic mass is 9.99. The molecule has 0 radical (unpaired) electrons. The van der Waals surface area contributed by atoms with Gasteiger partial charge in [-0.25, -0.2) is 0 Å². The van der Waals surface area contributed by atoms with E-state index in [-0.39, 0.29) is 12.6 Å². The lowest BCUT2D eigenvalue weighted by Crippen LogP contribution is -2.34. The maximum atomic E-state index is 9.11. The Morgan fingerprint density at radius 3 is 3.12 bits per heavy atom. The van der Waals surface area contributed by atoms with Crippen LogP contribution in [0.4, 0.5) is 0 Å². The molecule has 1 aromatic carbocycles. The van der Waals surface area contributed by atoms with Crippen molar-refractivity contribution in [3.8, 4) is 0 Å². The van der Waals surface area contributed by atoms with E-state index in [0.29, 0.717) is 6.04 Å². The molecule has 1 heterocycles. The topological polar surface area (TPSA) is 32.3 Å². The monoisotopic (exact) mass is 237 g/mol. The molecule has 1 aliphatic rings. The van der Waals surface area contributed by atoms with Crippen LogP contribution < -0.4 is 5.32 Å². The van der Waals surface area contributed by atoms with Crippen molar-refractivity contribution in [3.05, 3.63) is 35.4 Å². The highest BCUT2D eigenvalue weighted by atomic mass is 32.2. The molecule has 0 fully saturated rings. The first-order chi connectivity index (χ1) is 7.81. The molecule has 16 heavy (non-hydrogen) atoms. The van der Waals surface area contributed by atoms with Crippen molar-refractivity contribution < 1.29 is 5.11 Å². The van der Waals surface area contributed by atoms with E-state index in [1.165, 1.54) is 16.9 Å². The molecule has 2 rings (SSSR count). The lowest BCUT2D eigenvalue weighted by Gasteiger charge is -2.22. The summed E-state index contributed by atoms with van der Waals surface area (Å²) in [4.78, 5) is 0. The summed E-state index contributed by atoms with van der Waals surface area (Å²) in [6.45, 7) is 2.22. The molecule has 0 amide bonds. The van der Waals surface area contributed by atoms with Gasteiger partial charge in [-0.2, -0.15) is 11.8 Å². The first kappa shape index (κ1) is 12.0. The molecule has 1 aliphatic heterocycles. The van der Waals surface area contributed by atoms with Crippen molar-refractivity contribution in [3.63, 3.8) is 0 Å². The van der Waals surface area contributed by atoms with Crippen molar-refractivity contribution in [2.75, 3.05) is 18.1 Å². The Kier molecular flexibility index (Phi) is 4.27. The van der Waals surface area contributed by atoms with Gasteiger partial charge in [0.2, 0.25) is 0 Å². The van der Waals surface area contributed by atoms with Crippen LogP contribution in [0.3, 0.4) is 0 Å². The second-order valence-corrected chi connectivity index (χ2v) is 5.48. The van der Waals surface area contributed by atoms with Gasteiger partial charge in [0.1, 0.15) is 0 Å². The van der Waals surface area contributed by atoms with E-state index < -0.39 is 0 Å². The predicted molar refractivity (Wildman–Crippen MR) is 69.9 cm³/mol. The summed E-state index contributed by atoms with van der Waals surface area (Å²) in [7, 11) is 0. The van der Waals surface area contributed by atoms with E-state index in [1.54, 1.807) is 0 Å². The van der Waals surface area contributed by atoms with Crippen molar-refractivity contribution in [2.45, 2.75) is 25.4 Å². The van der Waals surface area contributed by atoms with Crippen LogP contribution in [0.2, 0.25) is 0 Å². The maximum Gasteiger partial charge on any atom is 0.0582 e. The van der Waals surface area contributed by atoms with E-state index in [9.17, 15) is 0 Å². The number of thioether (sulfide) groups is 1. The summed E-state index contributed by atoms with van der Waals surface area (Å²) in [5.74, 6) is 2.30. The van der Waals surface area contributed by atoms with E-state index in [0.717, 1.165) is 12.2 Å². The van der Waals surface area contributed by atoms with Crippen LogP contribution in [0.5, 0.6) is 0 Å². The molecule has 0 aliphatic carbocycles. The quantitative estimate of drug-likeness (QED) is 0.843. The van der Waals surface area contributed by atoms with E-state index in [1.807, 2.05) is 18.7 Å². The average molecular weight is 237 g/mol. The highest BCUT2D eigenvalue weighted by molar-refractivity contribution is 7.99. The summed E-state index contributed by atoms with van der Waals surface area (Å²) in [5.41, 5.74) is 2.86. The Bertz CT molecular complexity index is 342. The number of rotatable bonds is 3. The fourth-order valence-corrected chi connectivity index (χ4v) is 3.15. The van der Waals surface area contributed by atoms with Gasteiger partial charge >= 0.3 is 0 Å². The second-order valence-electron chi connectivity index (χ2n) is 4.33. The zero-order valence-corrected chi connectivity index (χ0v) is 10.5. The minimum Gasteiger partial charge on any atom is -0.395 e. The average Bonchev–Trinajstić information content (AvgIpc) is 2.52. The Labute approximate surface area is 101 Å². The van der Waals surface area contributed by atoms with Crippen molar-refractivity contribution in [1.82, 2.24) is 5.32 Å². The van der Waals surface area contributed by atoms with Crippen molar-refractivity contribution in [2.24, 2.45) is 0 Å². The zero-order chi connectivity index (χ0) is 11.4. The Hall–Kier alpha value is -0.510. The number of hydrogen-bond donors (Lipinski definition) is 2. The fourth-order valence-electron chi connectivity index (χ4n) is 2.11. The molecule has 2 unspecified atom stereocenters. The Morgan fingerprint density at radius 2 is 2.31 bits per heavy atom. The minimum absolute atomic E-state index is 0.164. The lowest BCUT2D eigenvalue weighted by molar-refractivity contribution is 0.244. The van der Waals surface area contributed by atoms with Gasteiger partial charge in [-0.1, -0.05) is 24.3 Å². The van der Waals surface area contributed by atoms with Crippen LogP contribution in [0.25, 0.3) is 0 Å². The van der Waals surface area contributed by atoms with Crippen molar-refractivity contribution in [1.29, 1.82) is 0 Å². The van der Waals surface area contributed by atoms with Gasteiger partial charge in [0.15, 0.2) is 0 Å². The van der Waals surface area contributed by atoms with Crippen LogP contribution in [0, 0.1) is 0 Å². The zero-order valence-electron chi connectivity index (χ0n) is 9.65. The van der Waals surface area contributed by atoms with Gasteiger partial charge in [0.25, 0.3) is 0 Å². The maximum absolute atomic E-state index is 9.11. The molecule has 0 saturated carbocycles. The summed E-state index contributed by atoms with van der Waals surface area (Å²) in [6, 6.07) is 9.19. The number of aryl methyl sites for hydroxylation is 1. The van der Waals surface area contributed by atoms with Crippen LogP contribution in [0.1, 0.15) is 24.1 Å². The minimum atomic E-state index is 0.164. The number of aliphatic hydroxyl groups excluding tert-OH is 1. The number of fused-ring (bicyclic) bond motifs is 1. The number of aliphatic hydroxyl groups is 1. The predicted octanol–water partition coefficient (Wildman–Crippen LogP) is 1.99. The van der Waals surface area contributed by atoms with Crippen LogP contribution >= 0.6 is 11.8 Å². The third-order valence-electron chi connectivity index (χ3n) is 2.99. The van der Waals surface area contributed by atoms with Gasteiger partial charge in [-0.05, 0) is 30.2 Å². The van der Waals surface area contributed by atoms with Crippen LogP contribution in [-0.4, -0.2) is 29.3 Å². The molecule has 1 aromatic rings. The van der Waals surface area contributed by atoms with Crippen LogP contribution in [-0.2, 0) is 6.42 Å². The highest BCUT2D eigenvalue weighted by Crippen LogP contribution is 2.27. The van der Waals surface area contributed by atoms with Crippen molar-refractivity contribution >= 4 is 11.8 Å². The summed E-state index contributed by atoms with van der Waals surface area (Å²) in [6.07, 6.45) is 1.16. The third kappa shape index (κ3) is 2.78. The molecule has 2 atom stereocenters. The number of nitrogens with one attached hydrogen (secondary N) is 1. The smallest absolute Gasteiger partial charge is 0.0582 e. The fraction of sp³-hybridized carbons (Fsp3) is 0.538. The molecular formula is C13H19NOS. The van der Waals surface area contributed by atoms with E-state index in [2.05, 4.69) is 29.6 Å². The first-order valence-corrected chi connectivity index (χ1v) is 6.99. The number of benzene rings is 1. The molecule has 88 valence electrons. The summed E-state index contributed by atoms with van der Waals surface area (Å²) < 4.78 is 0. The summed E-state index contributed by atoms with van der Waals surface area (Å²) >= 11 is 1.99. The molecule has 0 spiro atoms. The Morgan fingerprint density at radius 1 is 1.50 bits per heavy atom. The molecule has 0 aromatic heterocycles. The molecule has 0 saturated heterocycles. The number of hydrogen-bond acceptors (Lipinski definition) is 3. The summed E-state index contributed by atoms with van der Waals surface area (Å²) in [5, 5.41) is 12.6. The standard InChI is InChI=1S/C13H19NOS/c1-10(8-15)14-13-9-16-7-6-11-4-2-3-5-12(11)13/h2-5,10,13-15H,6-9H2,1H3. The molecular weight excluding hydrogens is 218 g/mol. The molecule has 2 N–H and O–H groups in total. The van der Waals surface area contributed by atoms with Gasteiger partial charge in [-0.15, -0.1) is 0 Å². The molecule has 2 nitrogen and oxygen atoms in total. The van der Waals surface area contributed by atoms with Crippen LogP contribution in [0.15, 0.2) is 24.3 Å². The van der Waals surface area contributed by atoms with Gasteiger partial charge in [0.05, 0.1) is 6.61 Å².